The van der Waals surface area contributed by atoms with Crippen molar-refractivity contribution in [1.29, 1.82) is 0 Å². The second-order valence-corrected chi connectivity index (χ2v) is 7.78. The summed E-state index contributed by atoms with van der Waals surface area (Å²) in [5.41, 5.74) is 0. The van der Waals surface area contributed by atoms with Gasteiger partial charge in [0.05, 0.1) is 6.54 Å². The lowest BCUT2D eigenvalue weighted by atomic mass is 10.2. The quantitative estimate of drug-likeness (QED) is 0.622. The highest BCUT2D eigenvalue weighted by Crippen LogP contribution is 2.36. The van der Waals surface area contributed by atoms with Crippen LogP contribution in [0.25, 0.3) is 0 Å². The molecule has 12 heteroatoms. The number of alkyl halides is 6. The van der Waals surface area contributed by atoms with Gasteiger partial charge in [0.2, 0.25) is 0 Å². The van der Waals surface area contributed by atoms with Crippen LogP contribution in [0.4, 0.5) is 31.1 Å². The number of ether oxygens (including phenoxy) is 1. The third-order valence-corrected chi connectivity index (χ3v) is 5.23. The molecule has 1 saturated heterocycles. The Kier molecular flexibility index (Phi) is 8.56. The van der Waals surface area contributed by atoms with Gasteiger partial charge in [-0.1, -0.05) is 6.42 Å². The third kappa shape index (κ3) is 8.00. The Morgan fingerprint density at radius 2 is 1.55 bits per heavy atom. The van der Waals surface area contributed by atoms with E-state index in [4.69, 9.17) is 0 Å². The molecule has 0 aliphatic carbocycles. The number of rotatable bonds is 3. The highest BCUT2D eigenvalue weighted by Gasteiger charge is 2.60. The molecule has 0 saturated carbocycles. The molecule has 0 atom stereocenters. The zero-order valence-corrected chi connectivity index (χ0v) is 16.5. The van der Waals surface area contributed by atoms with Gasteiger partial charge in [-0.15, -0.1) is 11.3 Å². The lowest BCUT2D eigenvalue weighted by Crippen LogP contribution is -2.48. The number of aromatic nitrogens is 1. The summed E-state index contributed by atoms with van der Waals surface area (Å²) in [5, 5.41) is 2.87. The van der Waals surface area contributed by atoms with Gasteiger partial charge < -0.3 is 9.64 Å². The summed E-state index contributed by atoms with van der Waals surface area (Å²) in [7, 11) is 0. The van der Waals surface area contributed by atoms with Crippen molar-refractivity contribution in [3.05, 3.63) is 16.6 Å². The molecule has 1 fully saturated rings. The van der Waals surface area contributed by atoms with Crippen LogP contribution in [-0.2, 0) is 11.3 Å². The van der Waals surface area contributed by atoms with Gasteiger partial charge in [-0.2, -0.15) is 26.3 Å². The maximum atomic E-state index is 12.6. The number of halogens is 6. The van der Waals surface area contributed by atoms with Crippen molar-refractivity contribution in [2.75, 3.05) is 26.2 Å². The van der Waals surface area contributed by atoms with Crippen LogP contribution < -0.4 is 0 Å². The lowest BCUT2D eigenvalue weighted by Gasteiger charge is -2.27. The molecular formula is C17H23F6N3O2S. The standard InChI is InChI=1S/C17H23F6N3O2S/c18-16(19,20)14(17(21,22)23)28-15(27)26-9-3-1-2-7-25(8-4-5-10-26)12-13-24-6-11-29-13/h6,11,14H,1-5,7-10,12H2. The molecular weight excluding hydrogens is 424 g/mol. The number of carbonyl (C=O) groups is 1. The molecule has 29 heavy (non-hydrogen) atoms. The molecule has 0 radical (unpaired) electrons. The Balaban J connectivity index is 1.92. The van der Waals surface area contributed by atoms with E-state index in [1.807, 2.05) is 5.38 Å². The van der Waals surface area contributed by atoms with Gasteiger partial charge in [0, 0.05) is 24.7 Å². The summed E-state index contributed by atoms with van der Waals surface area (Å²) in [4.78, 5) is 19.4. The first-order valence-corrected chi connectivity index (χ1v) is 10.1. The molecule has 0 unspecified atom stereocenters. The molecule has 0 aromatic carbocycles. The maximum absolute atomic E-state index is 12.6. The van der Waals surface area contributed by atoms with E-state index >= 15 is 0 Å². The lowest BCUT2D eigenvalue weighted by molar-refractivity contribution is -0.308. The van der Waals surface area contributed by atoms with E-state index in [-0.39, 0.29) is 13.1 Å². The fourth-order valence-corrected chi connectivity index (χ4v) is 3.69. The molecule has 166 valence electrons. The molecule has 1 amide bonds. The molecule has 0 N–H and O–H groups in total. The van der Waals surface area contributed by atoms with E-state index in [0.29, 0.717) is 38.8 Å². The van der Waals surface area contributed by atoms with Gasteiger partial charge in [0.25, 0.3) is 6.10 Å². The summed E-state index contributed by atoms with van der Waals surface area (Å²) in [5.74, 6) is 0. The third-order valence-electron chi connectivity index (χ3n) is 4.47. The van der Waals surface area contributed by atoms with Gasteiger partial charge in [-0.05, 0) is 38.8 Å². The summed E-state index contributed by atoms with van der Waals surface area (Å²) < 4.78 is 79.6. The van der Waals surface area contributed by atoms with E-state index in [2.05, 4.69) is 14.6 Å². The Bertz CT molecular complexity index is 610. The molecule has 2 heterocycles. The van der Waals surface area contributed by atoms with E-state index in [9.17, 15) is 31.1 Å². The summed E-state index contributed by atoms with van der Waals surface area (Å²) >= 11 is 1.55. The Morgan fingerprint density at radius 1 is 1.00 bits per heavy atom. The number of carbonyl (C=O) groups excluding carboxylic acids is 1. The van der Waals surface area contributed by atoms with E-state index < -0.39 is 24.5 Å². The second-order valence-electron chi connectivity index (χ2n) is 6.80. The average molecular weight is 447 g/mol. The molecule has 0 spiro atoms. The highest BCUT2D eigenvalue weighted by atomic mass is 32.1. The van der Waals surface area contributed by atoms with Gasteiger partial charge in [0.1, 0.15) is 5.01 Å². The number of hydrogen-bond donors (Lipinski definition) is 0. The van der Waals surface area contributed by atoms with Gasteiger partial charge in [-0.3, -0.25) is 4.90 Å². The number of amides is 1. The first kappa shape index (κ1) is 23.7. The fraction of sp³-hybridized carbons (Fsp3) is 0.765. The Labute approximate surface area is 168 Å². The SMILES string of the molecule is O=C(OC(C(F)(F)F)C(F)(F)F)N1CCCCCN(Cc2nccs2)CCCC1. The topological polar surface area (TPSA) is 45.7 Å². The first-order valence-electron chi connectivity index (χ1n) is 9.27. The molecule has 1 aromatic rings. The Morgan fingerprint density at radius 3 is 2.10 bits per heavy atom. The maximum Gasteiger partial charge on any atom is 0.434 e. The van der Waals surface area contributed by atoms with Crippen molar-refractivity contribution < 1.29 is 35.9 Å². The molecule has 2 rings (SSSR count). The highest BCUT2D eigenvalue weighted by molar-refractivity contribution is 7.09. The largest absolute Gasteiger partial charge is 0.434 e. The average Bonchev–Trinajstić information content (AvgIpc) is 3.09. The minimum absolute atomic E-state index is 0.0480. The van der Waals surface area contributed by atoms with E-state index in [1.165, 1.54) is 0 Å². The fourth-order valence-electron chi connectivity index (χ4n) is 3.03. The molecule has 0 bridgehead atoms. The van der Waals surface area contributed by atoms with Crippen LogP contribution in [-0.4, -0.2) is 65.5 Å². The predicted molar refractivity (Wildman–Crippen MR) is 94.4 cm³/mol. The molecule has 1 aromatic heterocycles. The predicted octanol–water partition coefficient (Wildman–Crippen LogP) is 4.84. The summed E-state index contributed by atoms with van der Waals surface area (Å²) in [6.07, 6.45) is -12.3. The monoisotopic (exact) mass is 447 g/mol. The molecule has 1 aliphatic rings. The van der Waals surface area contributed by atoms with Crippen LogP contribution in [0.1, 0.15) is 37.1 Å². The zero-order valence-electron chi connectivity index (χ0n) is 15.6. The van der Waals surface area contributed by atoms with Crippen molar-refractivity contribution in [1.82, 2.24) is 14.8 Å². The number of nitrogens with zero attached hydrogens (tertiary/aromatic N) is 3. The minimum Gasteiger partial charge on any atom is -0.426 e. The van der Waals surface area contributed by atoms with Crippen LogP contribution in [0.15, 0.2) is 11.6 Å². The second kappa shape index (κ2) is 10.5. The van der Waals surface area contributed by atoms with Gasteiger partial charge >= 0.3 is 18.4 Å². The van der Waals surface area contributed by atoms with Crippen molar-refractivity contribution in [3.8, 4) is 0 Å². The van der Waals surface area contributed by atoms with Crippen LogP contribution >= 0.6 is 11.3 Å². The summed E-state index contributed by atoms with van der Waals surface area (Å²) in [6, 6.07) is 0. The molecule has 1 aliphatic heterocycles. The number of hydrogen-bond acceptors (Lipinski definition) is 5. The van der Waals surface area contributed by atoms with Crippen molar-refractivity contribution in [2.24, 2.45) is 0 Å². The minimum atomic E-state index is -5.71. The Hall–Kier alpha value is -1.56. The van der Waals surface area contributed by atoms with Gasteiger partial charge in [-0.25, -0.2) is 9.78 Å². The van der Waals surface area contributed by atoms with Crippen molar-refractivity contribution in [2.45, 2.75) is 57.1 Å². The van der Waals surface area contributed by atoms with Gasteiger partial charge in [0.15, 0.2) is 0 Å². The zero-order chi connectivity index (χ0) is 21.5. The number of thiazole rings is 1. The first-order chi connectivity index (χ1) is 13.6. The van der Waals surface area contributed by atoms with Crippen molar-refractivity contribution in [3.63, 3.8) is 0 Å². The van der Waals surface area contributed by atoms with E-state index in [0.717, 1.165) is 22.9 Å². The van der Waals surface area contributed by atoms with Crippen molar-refractivity contribution >= 4 is 17.4 Å². The normalized spacial score (nSPS) is 18.5. The smallest absolute Gasteiger partial charge is 0.426 e. The summed E-state index contributed by atoms with van der Waals surface area (Å²) in [6.45, 7) is 2.33. The van der Waals surface area contributed by atoms with Crippen LogP contribution in [0.5, 0.6) is 0 Å². The van der Waals surface area contributed by atoms with Crippen LogP contribution in [0, 0.1) is 0 Å². The van der Waals surface area contributed by atoms with Crippen LogP contribution in [0.2, 0.25) is 0 Å². The van der Waals surface area contributed by atoms with E-state index in [1.54, 1.807) is 17.5 Å². The molecule has 5 nitrogen and oxygen atoms in total. The van der Waals surface area contributed by atoms with Crippen LogP contribution in [0.3, 0.4) is 0 Å².